The second kappa shape index (κ2) is 9.07. The van der Waals surface area contributed by atoms with E-state index in [-0.39, 0.29) is 5.91 Å². The van der Waals surface area contributed by atoms with Gasteiger partial charge in [0.25, 0.3) is 5.91 Å². The second-order valence-corrected chi connectivity index (χ2v) is 6.17. The maximum Gasteiger partial charge on any atom is 0.341 e. The number of carboxylic acids is 1. The van der Waals surface area contributed by atoms with Gasteiger partial charge in [0.15, 0.2) is 18.1 Å². The Bertz CT molecular complexity index is 811. The molecule has 2 aromatic carbocycles. The average molecular weight is 371 g/mol. The highest BCUT2D eigenvalue weighted by atomic mass is 16.5. The molecule has 6 heteroatoms. The van der Waals surface area contributed by atoms with Crippen molar-refractivity contribution in [2.45, 2.75) is 27.7 Å². The van der Waals surface area contributed by atoms with E-state index in [2.05, 4.69) is 6.07 Å². The molecule has 0 saturated heterocycles. The predicted octanol–water partition coefficient (Wildman–Crippen LogP) is 3.83. The maximum absolute atomic E-state index is 13.1. The van der Waals surface area contributed by atoms with Gasteiger partial charge in [0.2, 0.25) is 0 Å². The van der Waals surface area contributed by atoms with Crippen LogP contribution in [0.4, 0.5) is 5.69 Å². The largest absolute Gasteiger partial charge is 0.490 e. The molecule has 144 valence electrons. The quantitative estimate of drug-likeness (QED) is 0.763. The highest BCUT2D eigenvalue weighted by Crippen LogP contribution is 2.30. The summed E-state index contributed by atoms with van der Waals surface area (Å²) in [5.74, 6) is -0.593. The van der Waals surface area contributed by atoms with Crippen molar-refractivity contribution in [1.29, 1.82) is 0 Å². The van der Waals surface area contributed by atoms with E-state index in [1.54, 1.807) is 23.1 Å². The molecular weight excluding hydrogens is 346 g/mol. The SMILES string of the molecule is CCOc1cc(C(=O)N(CC)c2cc(C)cc(C)c2)ccc1OCC(=O)O. The first-order valence-corrected chi connectivity index (χ1v) is 8.87. The zero-order valence-corrected chi connectivity index (χ0v) is 16.1. The number of hydrogen-bond donors (Lipinski definition) is 1. The fourth-order valence-electron chi connectivity index (χ4n) is 2.87. The van der Waals surface area contributed by atoms with Crippen molar-refractivity contribution < 1.29 is 24.2 Å². The van der Waals surface area contributed by atoms with Crippen molar-refractivity contribution in [3.8, 4) is 11.5 Å². The molecule has 0 spiro atoms. The van der Waals surface area contributed by atoms with E-state index in [9.17, 15) is 9.59 Å². The summed E-state index contributed by atoms with van der Waals surface area (Å²) < 4.78 is 10.8. The van der Waals surface area contributed by atoms with Gasteiger partial charge in [-0.3, -0.25) is 4.79 Å². The topological polar surface area (TPSA) is 76.1 Å². The number of carboxylic acid groups (broad SMARTS) is 1. The Labute approximate surface area is 159 Å². The number of hydrogen-bond acceptors (Lipinski definition) is 4. The summed E-state index contributed by atoms with van der Waals surface area (Å²) in [6.45, 7) is 8.13. The molecule has 0 atom stereocenters. The third-order valence-corrected chi connectivity index (χ3v) is 3.92. The Kier molecular flexibility index (Phi) is 6.82. The van der Waals surface area contributed by atoms with E-state index in [4.69, 9.17) is 14.6 Å². The van der Waals surface area contributed by atoms with Crippen LogP contribution in [0.25, 0.3) is 0 Å². The molecule has 0 fully saturated rings. The van der Waals surface area contributed by atoms with Gasteiger partial charge >= 0.3 is 5.97 Å². The molecule has 0 heterocycles. The van der Waals surface area contributed by atoms with Gasteiger partial charge in [-0.25, -0.2) is 4.79 Å². The summed E-state index contributed by atoms with van der Waals surface area (Å²) in [7, 11) is 0. The fourth-order valence-corrected chi connectivity index (χ4v) is 2.87. The summed E-state index contributed by atoms with van der Waals surface area (Å²) in [5, 5.41) is 8.79. The van der Waals surface area contributed by atoms with Gasteiger partial charge in [0.05, 0.1) is 6.61 Å². The number of ether oxygens (including phenoxy) is 2. The van der Waals surface area contributed by atoms with Crippen molar-refractivity contribution in [3.63, 3.8) is 0 Å². The average Bonchev–Trinajstić information content (AvgIpc) is 2.60. The van der Waals surface area contributed by atoms with Crippen LogP contribution in [0.3, 0.4) is 0 Å². The lowest BCUT2D eigenvalue weighted by Gasteiger charge is -2.23. The lowest BCUT2D eigenvalue weighted by Crippen LogP contribution is -2.30. The summed E-state index contributed by atoms with van der Waals surface area (Å²) >= 11 is 0. The normalized spacial score (nSPS) is 10.4. The van der Waals surface area contributed by atoms with Crippen molar-refractivity contribution >= 4 is 17.6 Å². The first-order chi connectivity index (χ1) is 12.8. The van der Waals surface area contributed by atoms with Crippen LogP contribution >= 0.6 is 0 Å². The summed E-state index contributed by atoms with van der Waals surface area (Å²) in [6.07, 6.45) is 0. The van der Waals surface area contributed by atoms with Crippen molar-refractivity contribution in [2.24, 2.45) is 0 Å². The van der Waals surface area contributed by atoms with E-state index in [1.165, 1.54) is 0 Å². The zero-order valence-electron chi connectivity index (χ0n) is 16.1. The number of carbonyl (C=O) groups is 2. The molecule has 0 aromatic heterocycles. The Morgan fingerprint density at radius 3 is 2.19 bits per heavy atom. The summed E-state index contributed by atoms with van der Waals surface area (Å²) in [4.78, 5) is 25.5. The molecule has 0 saturated carbocycles. The van der Waals surface area contributed by atoms with Gasteiger partial charge in [-0.2, -0.15) is 0 Å². The fraction of sp³-hybridized carbons (Fsp3) is 0.333. The van der Waals surface area contributed by atoms with Crippen LogP contribution in [0.1, 0.15) is 35.3 Å². The minimum Gasteiger partial charge on any atom is -0.490 e. The zero-order chi connectivity index (χ0) is 20.0. The van der Waals surface area contributed by atoms with E-state index in [1.807, 2.05) is 39.8 Å². The highest BCUT2D eigenvalue weighted by molar-refractivity contribution is 6.06. The lowest BCUT2D eigenvalue weighted by molar-refractivity contribution is -0.139. The van der Waals surface area contributed by atoms with Crippen LogP contribution in [-0.2, 0) is 4.79 Å². The number of amides is 1. The molecule has 2 rings (SSSR count). The monoisotopic (exact) mass is 371 g/mol. The van der Waals surface area contributed by atoms with Crippen molar-refractivity contribution in [2.75, 3.05) is 24.7 Å². The summed E-state index contributed by atoms with van der Waals surface area (Å²) in [5.41, 5.74) is 3.46. The van der Waals surface area contributed by atoms with E-state index in [0.717, 1.165) is 16.8 Å². The third-order valence-electron chi connectivity index (χ3n) is 3.92. The van der Waals surface area contributed by atoms with Crippen LogP contribution in [0.5, 0.6) is 11.5 Å². The highest BCUT2D eigenvalue weighted by Gasteiger charge is 2.19. The second-order valence-electron chi connectivity index (χ2n) is 6.17. The molecule has 27 heavy (non-hydrogen) atoms. The number of carbonyl (C=O) groups excluding carboxylic acids is 1. The van der Waals surface area contributed by atoms with E-state index >= 15 is 0 Å². The molecule has 0 aliphatic heterocycles. The van der Waals surface area contributed by atoms with Crippen molar-refractivity contribution in [1.82, 2.24) is 0 Å². The van der Waals surface area contributed by atoms with Gasteiger partial charge in [0.1, 0.15) is 0 Å². The first-order valence-electron chi connectivity index (χ1n) is 8.87. The number of nitrogens with zero attached hydrogens (tertiary/aromatic N) is 1. The van der Waals surface area contributed by atoms with Crippen molar-refractivity contribution in [3.05, 3.63) is 53.1 Å². The van der Waals surface area contributed by atoms with Gasteiger partial charge in [-0.05, 0) is 69.2 Å². The molecule has 0 unspecified atom stereocenters. The smallest absolute Gasteiger partial charge is 0.341 e. The molecule has 0 aliphatic carbocycles. The minimum atomic E-state index is -1.08. The first kappa shape index (κ1) is 20.3. The van der Waals surface area contributed by atoms with E-state index in [0.29, 0.717) is 30.2 Å². The lowest BCUT2D eigenvalue weighted by atomic mass is 10.1. The molecule has 2 aromatic rings. The van der Waals surface area contributed by atoms with Crippen LogP contribution in [0.15, 0.2) is 36.4 Å². The Morgan fingerprint density at radius 2 is 1.63 bits per heavy atom. The van der Waals surface area contributed by atoms with Gasteiger partial charge in [0, 0.05) is 17.8 Å². The molecule has 1 amide bonds. The Balaban J connectivity index is 2.35. The molecule has 6 nitrogen and oxygen atoms in total. The summed E-state index contributed by atoms with van der Waals surface area (Å²) in [6, 6.07) is 10.8. The predicted molar refractivity (Wildman–Crippen MR) is 104 cm³/mol. The molecule has 0 aliphatic rings. The Hall–Kier alpha value is -3.02. The van der Waals surface area contributed by atoms with Crippen LogP contribution in [-0.4, -0.2) is 36.7 Å². The molecule has 0 radical (unpaired) electrons. The van der Waals surface area contributed by atoms with Gasteiger partial charge in [-0.1, -0.05) is 6.07 Å². The molecule has 0 bridgehead atoms. The van der Waals surface area contributed by atoms with Gasteiger partial charge in [-0.15, -0.1) is 0 Å². The molecular formula is C21H25NO5. The van der Waals surface area contributed by atoms with Crippen LogP contribution in [0.2, 0.25) is 0 Å². The maximum atomic E-state index is 13.1. The Morgan fingerprint density at radius 1 is 0.963 bits per heavy atom. The minimum absolute atomic E-state index is 0.159. The number of aliphatic carboxylic acids is 1. The standard InChI is InChI=1S/C21H25NO5/c1-5-22(17-10-14(3)9-15(4)11-17)21(25)16-7-8-18(27-13-20(23)24)19(12-16)26-6-2/h7-12H,5-6,13H2,1-4H3,(H,23,24). The van der Waals surface area contributed by atoms with E-state index < -0.39 is 12.6 Å². The number of anilines is 1. The number of benzene rings is 2. The number of aryl methyl sites for hydroxylation is 2. The number of rotatable bonds is 8. The molecule has 1 N–H and O–H groups in total. The third kappa shape index (κ3) is 5.23. The van der Waals surface area contributed by atoms with Gasteiger partial charge < -0.3 is 19.5 Å². The van der Waals surface area contributed by atoms with Crippen LogP contribution in [0, 0.1) is 13.8 Å². The van der Waals surface area contributed by atoms with Crippen LogP contribution < -0.4 is 14.4 Å².